The van der Waals surface area contributed by atoms with Crippen LogP contribution < -0.4 is 0 Å². The highest BCUT2D eigenvalue weighted by Crippen LogP contribution is 2.68. The van der Waals surface area contributed by atoms with E-state index in [0.717, 1.165) is 37.0 Å². The lowest BCUT2D eigenvalue weighted by molar-refractivity contribution is -0.130. The number of hydrogen-bond donors (Lipinski definition) is 0. The number of ketones is 1. The van der Waals surface area contributed by atoms with E-state index in [0.29, 0.717) is 34.5 Å². The lowest BCUT2D eigenvalue weighted by Crippen LogP contribution is -2.54. The summed E-state index contributed by atoms with van der Waals surface area (Å²) in [7, 11) is 0. The number of Topliss-reactive ketones (excluding diaryl/α,β-unsaturated/α-hetero) is 1. The van der Waals surface area contributed by atoms with Crippen molar-refractivity contribution in [2.24, 2.45) is 52.3 Å². The first-order valence-corrected chi connectivity index (χ1v) is 16.0. The number of ether oxygens (including phenoxy) is 1. The van der Waals surface area contributed by atoms with Gasteiger partial charge >= 0.3 is 5.97 Å². The summed E-state index contributed by atoms with van der Waals surface area (Å²) in [5.74, 6) is 4.14. The topological polar surface area (TPSA) is 43.4 Å². The molecule has 1 aromatic carbocycles. The predicted molar refractivity (Wildman–Crippen MR) is 158 cm³/mol. The maximum Gasteiger partial charge on any atom is 0.338 e. The summed E-state index contributed by atoms with van der Waals surface area (Å²) in [6.45, 7) is 14.1. The van der Waals surface area contributed by atoms with Crippen LogP contribution in [0.1, 0.15) is 116 Å². The van der Waals surface area contributed by atoms with Crippen molar-refractivity contribution >= 4 is 11.8 Å². The van der Waals surface area contributed by atoms with Gasteiger partial charge in [0, 0.05) is 12.3 Å². The number of benzene rings is 1. The zero-order valence-electron chi connectivity index (χ0n) is 25.4. The highest BCUT2D eigenvalue weighted by molar-refractivity contribution is 5.89. The predicted octanol–water partition coefficient (Wildman–Crippen LogP) is 9.07. The third-order valence-corrected chi connectivity index (χ3v) is 12.1. The third kappa shape index (κ3) is 5.29. The summed E-state index contributed by atoms with van der Waals surface area (Å²) in [6.07, 6.45) is 14.2. The molecule has 3 saturated carbocycles. The van der Waals surface area contributed by atoms with E-state index in [9.17, 15) is 9.59 Å². The van der Waals surface area contributed by atoms with Crippen molar-refractivity contribution < 1.29 is 14.3 Å². The van der Waals surface area contributed by atoms with Gasteiger partial charge in [0.15, 0.2) is 0 Å². The van der Waals surface area contributed by atoms with Gasteiger partial charge < -0.3 is 4.74 Å². The Morgan fingerprint density at radius 2 is 1.69 bits per heavy atom. The average Bonchev–Trinajstić information content (AvgIpc) is 3.26. The first-order valence-electron chi connectivity index (χ1n) is 16.0. The number of carbonyl (C=O) groups is 2. The van der Waals surface area contributed by atoms with Crippen LogP contribution in [-0.4, -0.2) is 17.9 Å². The molecule has 5 rings (SSSR count). The first kappa shape index (κ1) is 28.6. The van der Waals surface area contributed by atoms with E-state index in [1.807, 2.05) is 37.3 Å². The molecule has 0 aliphatic heterocycles. The Bertz CT molecular complexity index is 1070. The quantitative estimate of drug-likeness (QED) is 0.248. The lowest BCUT2D eigenvalue weighted by atomic mass is 9.44. The van der Waals surface area contributed by atoms with Gasteiger partial charge in [-0.15, -0.1) is 0 Å². The van der Waals surface area contributed by atoms with E-state index in [2.05, 4.69) is 40.7 Å². The average molecular weight is 533 g/mol. The van der Waals surface area contributed by atoms with Crippen molar-refractivity contribution in [3.8, 4) is 0 Å². The van der Waals surface area contributed by atoms with Gasteiger partial charge in [-0.3, -0.25) is 4.79 Å². The molecule has 3 nitrogen and oxygen atoms in total. The van der Waals surface area contributed by atoms with Gasteiger partial charge in [0.25, 0.3) is 0 Å². The molecule has 0 heterocycles. The second kappa shape index (κ2) is 11.2. The van der Waals surface area contributed by atoms with Gasteiger partial charge in [-0.25, -0.2) is 4.79 Å². The summed E-state index contributed by atoms with van der Waals surface area (Å²) < 4.78 is 6.01. The zero-order valence-corrected chi connectivity index (χ0v) is 25.4. The van der Waals surface area contributed by atoms with Gasteiger partial charge in [-0.1, -0.05) is 83.7 Å². The largest absolute Gasteiger partial charge is 0.458 e. The molecule has 9 atom stereocenters. The van der Waals surface area contributed by atoms with Crippen LogP contribution in [0.15, 0.2) is 42.0 Å². The smallest absolute Gasteiger partial charge is 0.338 e. The van der Waals surface area contributed by atoms with Crippen molar-refractivity contribution in [1.82, 2.24) is 0 Å². The molecule has 0 aromatic heterocycles. The molecule has 0 radical (unpaired) electrons. The van der Waals surface area contributed by atoms with E-state index in [1.165, 1.54) is 50.5 Å². The van der Waals surface area contributed by atoms with Crippen molar-refractivity contribution in [2.75, 3.05) is 0 Å². The SMILES string of the molecule is CC(=O)[C@H]1C=C2C[C@@H](OC(=O)c3ccccc3)CC[C@]2(C)[C@H]2CC[C@]3(C)[C@@H]([C@H](C)CCCC(C)C)CC[C@H]3[C@H]12. The van der Waals surface area contributed by atoms with Crippen molar-refractivity contribution in [1.29, 1.82) is 0 Å². The molecule has 39 heavy (non-hydrogen) atoms. The van der Waals surface area contributed by atoms with E-state index in [1.54, 1.807) is 0 Å². The Labute approximate surface area is 237 Å². The summed E-state index contributed by atoms with van der Waals surface area (Å²) in [6, 6.07) is 9.33. The molecule has 0 spiro atoms. The molecule has 3 heteroatoms. The molecule has 0 saturated heterocycles. The van der Waals surface area contributed by atoms with Crippen molar-refractivity contribution in [2.45, 2.75) is 112 Å². The Balaban J connectivity index is 1.35. The first-order chi connectivity index (χ1) is 18.5. The van der Waals surface area contributed by atoms with Crippen LogP contribution in [0.2, 0.25) is 0 Å². The molecule has 4 aliphatic rings. The minimum atomic E-state index is -0.227. The fraction of sp³-hybridized carbons (Fsp3) is 0.722. The number of allylic oxidation sites excluding steroid dienone is 1. The maximum absolute atomic E-state index is 13.3. The second-order valence-electron chi connectivity index (χ2n) is 14.7. The van der Waals surface area contributed by atoms with Gasteiger partial charge in [0.05, 0.1) is 5.56 Å². The van der Waals surface area contributed by atoms with Crippen molar-refractivity contribution in [3.05, 3.63) is 47.5 Å². The van der Waals surface area contributed by atoms with Crippen LogP contribution in [0, 0.1) is 52.3 Å². The van der Waals surface area contributed by atoms with Gasteiger partial charge in [-0.2, -0.15) is 0 Å². The molecule has 4 aliphatic carbocycles. The van der Waals surface area contributed by atoms with E-state index < -0.39 is 0 Å². The number of carbonyl (C=O) groups excluding carboxylic acids is 2. The van der Waals surface area contributed by atoms with E-state index in [4.69, 9.17) is 4.74 Å². The van der Waals surface area contributed by atoms with Crippen LogP contribution in [0.25, 0.3) is 0 Å². The van der Waals surface area contributed by atoms with Crippen LogP contribution in [-0.2, 0) is 9.53 Å². The Morgan fingerprint density at radius 3 is 2.38 bits per heavy atom. The molecule has 1 aromatic rings. The summed E-state index contributed by atoms with van der Waals surface area (Å²) in [4.78, 5) is 26.1. The lowest BCUT2D eigenvalue weighted by Gasteiger charge is -2.60. The van der Waals surface area contributed by atoms with Gasteiger partial charge in [0.1, 0.15) is 11.9 Å². The highest BCUT2D eigenvalue weighted by Gasteiger charge is 2.61. The third-order valence-electron chi connectivity index (χ3n) is 12.1. The van der Waals surface area contributed by atoms with E-state index in [-0.39, 0.29) is 23.4 Å². The van der Waals surface area contributed by atoms with Crippen LogP contribution >= 0.6 is 0 Å². The normalized spacial score (nSPS) is 38.3. The Morgan fingerprint density at radius 1 is 0.949 bits per heavy atom. The molecule has 214 valence electrons. The number of rotatable bonds is 8. The maximum atomic E-state index is 13.3. The van der Waals surface area contributed by atoms with Crippen LogP contribution in [0.5, 0.6) is 0 Å². The number of fused-ring (bicyclic) bond motifs is 5. The fourth-order valence-corrected chi connectivity index (χ4v) is 9.96. The van der Waals surface area contributed by atoms with E-state index >= 15 is 0 Å². The van der Waals surface area contributed by atoms with Gasteiger partial charge in [-0.05, 0) is 104 Å². The monoisotopic (exact) mass is 532 g/mol. The standard InChI is InChI=1S/C36H52O3/c1-23(2)11-10-12-24(3)30-15-16-31-33-29(25(4)37)22-27-21-28(39-34(38)26-13-8-7-9-14-26)17-19-35(27,5)32(33)18-20-36(30,31)6/h7-9,13-14,22-24,28-33H,10-12,15-21H2,1-6H3/t24-,28+,29-,30-,31+,32+,33+,35+,36-/m1/s1. The molecule has 3 fully saturated rings. The molecule has 0 bridgehead atoms. The second-order valence-corrected chi connectivity index (χ2v) is 14.7. The number of esters is 1. The van der Waals surface area contributed by atoms with Crippen LogP contribution in [0.3, 0.4) is 0 Å². The molecule has 0 N–H and O–H groups in total. The molecule has 0 unspecified atom stereocenters. The van der Waals surface area contributed by atoms with Crippen LogP contribution in [0.4, 0.5) is 0 Å². The fourth-order valence-electron chi connectivity index (χ4n) is 9.96. The zero-order chi connectivity index (χ0) is 27.9. The summed E-state index contributed by atoms with van der Waals surface area (Å²) in [5.41, 5.74) is 2.48. The number of hydrogen-bond acceptors (Lipinski definition) is 3. The van der Waals surface area contributed by atoms with Crippen molar-refractivity contribution in [3.63, 3.8) is 0 Å². The molecule has 0 amide bonds. The Hall–Kier alpha value is -1.90. The minimum absolute atomic E-state index is 0.0151. The van der Waals surface area contributed by atoms with Gasteiger partial charge in [0.2, 0.25) is 0 Å². The molecular formula is C36H52O3. The Kier molecular flexibility index (Phi) is 8.20. The summed E-state index contributed by atoms with van der Waals surface area (Å²) in [5, 5.41) is 0. The minimum Gasteiger partial charge on any atom is -0.458 e. The summed E-state index contributed by atoms with van der Waals surface area (Å²) >= 11 is 0. The highest BCUT2D eigenvalue weighted by atomic mass is 16.5. The molecular weight excluding hydrogens is 480 g/mol.